The summed E-state index contributed by atoms with van der Waals surface area (Å²) in [5.74, 6) is 0.150. The van der Waals surface area contributed by atoms with Crippen LogP contribution in [-0.2, 0) is 6.42 Å². The SMILES string of the molecule is O=C(O)c1cnc(N2CCC(Cc3ccccn3)C2)c(Cl)c1. The smallest absolute Gasteiger partial charge is 0.337 e. The molecule has 1 fully saturated rings. The second kappa shape index (κ2) is 6.32. The van der Waals surface area contributed by atoms with Crippen LogP contribution in [0, 0.1) is 5.92 Å². The van der Waals surface area contributed by atoms with Crippen LogP contribution in [0.15, 0.2) is 36.7 Å². The van der Waals surface area contributed by atoms with Crippen molar-refractivity contribution in [2.75, 3.05) is 18.0 Å². The van der Waals surface area contributed by atoms with E-state index in [9.17, 15) is 4.79 Å². The zero-order chi connectivity index (χ0) is 15.5. The number of hydrogen-bond donors (Lipinski definition) is 1. The molecule has 3 rings (SSSR count). The molecule has 2 aromatic rings. The molecule has 1 N–H and O–H groups in total. The highest BCUT2D eigenvalue weighted by Crippen LogP contribution is 2.30. The number of pyridine rings is 2. The summed E-state index contributed by atoms with van der Waals surface area (Å²) in [5.41, 5.74) is 1.20. The molecule has 5 nitrogen and oxygen atoms in total. The Labute approximate surface area is 133 Å². The average molecular weight is 318 g/mol. The number of rotatable bonds is 4. The molecule has 0 aromatic carbocycles. The molecule has 114 valence electrons. The number of halogens is 1. The summed E-state index contributed by atoms with van der Waals surface area (Å²) in [6, 6.07) is 7.41. The monoisotopic (exact) mass is 317 g/mol. The van der Waals surface area contributed by atoms with Crippen LogP contribution in [0.2, 0.25) is 5.02 Å². The third-order valence-corrected chi connectivity index (χ3v) is 4.16. The number of nitrogens with zero attached hydrogens (tertiary/aromatic N) is 3. The second-order valence-corrected chi connectivity index (χ2v) is 5.87. The summed E-state index contributed by atoms with van der Waals surface area (Å²) >= 11 is 6.18. The molecular weight excluding hydrogens is 302 g/mol. The van der Waals surface area contributed by atoms with Crippen LogP contribution in [0.25, 0.3) is 0 Å². The first-order valence-corrected chi connectivity index (χ1v) is 7.55. The standard InChI is InChI=1S/C16H16ClN3O2/c17-14-8-12(16(21)22)9-19-15(14)20-6-4-11(10-20)7-13-3-1-2-5-18-13/h1-3,5,8-9,11H,4,6-7,10H2,(H,21,22). The highest BCUT2D eigenvalue weighted by molar-refractivity contribution is 6.33. The molecule has 0 spiro atoms. The Bertz CT molecular complexity index is 678. The van der Waals surface area contributed by atoms with Crippen LogP contribution < -0.4 is 4.90 Å². The number of aromatic nitrogens is 2. The van der Waals surface area contributed by atoms with E-state index in [1.807, 2.05) is 24.4 Å². The van der Waals surface area contributed by atoms with E-state index in [1.165, 1.54) is 12.3 Å². The minimum absolute atomic E-state index is 0.109. The predicted molar refractivity (Wildman–Crippen MR) is 84.5 cm³/mol. The van der Waals surface area contributed by atoms with Crippen molar-refractivity contribution in [2.45, 2.75) is 12.8 Å². The average Bonchev–Trinajstić information content (AvgIpc) is 2.96. The van der Waals surface area contributed by atoms with Gasteiger partial charge >= 0.3 is 5.97 Å². The van der Waals surface area contributed by atoms with Crippen molar-refractivity contribution in [3.63, 3.8) is 0 Å². The fourth-order valence-electron chi connectivity index (χ4n) is 2.79. The van der Waals surface area contributed by atoms with Gasteiger partial charge in [-0.1, -0.05) is 17.7 Å². The number of carboxylic acid groups (broad SMARTS) is 1. The quantitative estimate of drug-likeness (QED) is 0.939. The van der Waals surface area contributed by atoms with Gasteiger partial charge in [-0.3, -0.25) is 4.98 Å². The summed E-state index contributed by atoms with van der Waals surface area (Å²) in [4.78, 5) is 21.6. The lowest BCUT2D eigenvalue weighted by Crippen LogP contribution is -2.22. The predicted octanol–water partition coefficient (Wildman–Crippen LogP) is 2.90. The molecule has 1 aliphatic rings. The number of carbonyl (C=O) groups is 1. The molecule has 1 aliphatic heterocycles. The zero-order valence-electron chi connectivity index (χ0n) is 11.9. The van der Waals surface area contributed by atoms with Crippen molar-refractivity contribution in [2.24, 2.45) is 5.92 Å². The Morgan fingerprint density at radius 2 is 2.27 bits per heavy atom. The molecule has 6 heteroatoms. The van der Waals surface area contributed by atoms with Crippen molar-refractivity contribution in [1.82, 2.24) is 9.97 Å². The maximum absolute atomic E-state index is 10.9. The molecule has 1 atom stereocenters. The van der Waals surface area contributed by atoms with Crippen molar-refractivity contribution in [3.8, 4) is 0 Å². The molecule has 0 amide bonds. The van der Waals surface area contributed by atoms with Crippen LogP contribution in [0.3, 0.4) is 0 Å². The van der Waals surface area contributed by atoms with E-state index in [1.54, 1.807) is 0 Å². The van der Waals surface area contributed by atoms with E-state index in [2.05, 4.69) is 14.9 Å². The van der Waals surface area contributed by atoms with Gasteiger partial charge in [0.05, 0.1) is 10.6 Å². The Morgan fingerprint density at radius 3 is 2.95 bits per heavy atom. The molecule has 0 saturated carbocycles. The van der Waals surface area contributed by atoms with Crippen LogP contribution in [0.4, 0.5) is 5.82 Å². The van der Waals surface area contributed by atoms with Gasteiger partial charge in [0.25, 0.3) is 0 Å². The van der Waals surface area contributed by atoms with Gasteiger partial charge in [0.2, 0.25) is 0 Å². The minimum Gasteiger partial charge on any atom is -0.478 e. The van der Waals surface area contributed by atoms with Gasteiger partial charge < -0.3 is 10.0 Å². The van der Waals surface area contributed by atoms with E-state index in [4.69, 9.17) is 16.7 Å². The largest absolute Gasteiger partial charge is 0.478 e. The van der Waals surface area contributed by atoms with Crippen molar-refractivity contribution in [3.05, 3.63) is 52.9 Å². The Balaban J connectivity index is 1.69. The number of hydrogen-bond acceptors (Lipinski definition) is 4. The fraction of sp³-hybridized carbons (Fsp3) is 0.312. The molecule has 3 heterocycles. The number of carboxylic acids is 1. The summed E-state index contributed by atoms with van der Waals surface area (Å²) in [5, 5.41) is 9.34. The van der Waals surface area contributed by atoms with E-state index in [0.29, 0.717) is 16.8 Å². The maximum atomic E-state index is 10.9. The Hall–Kier alpha value is -2.14. The van der Waals surface area contributed by atoms with Gasteiger partial charge in [-0.2, -0.15) is 0 Å². The maximum Gasteiger partial charge on any atom is 0.337 e. The Morgan fingerprint density at radius 1 is 1.41 bits per heavy atom. The van der Waals surface area contributed by atoms with Gasteiger partial charge in [-0.15, -0.1) is 0 Å². The first-order valence-electron chi connectivity index (χ1n) is 7.17. The molecule has 0 bridgehead atoms. The first kappa shape index (κ1) is 14.8. The van der Waals surface area contributed by atoms with Crippen molar-refractivity contribution >= 4 is 23.4 Å². The van der Waals surface area contributed by atoms with E-state index < -0.39 is 5.97 Å². The van der Waals surface area contributed by atoms with Crippen molar-refractivity contribution < 1.29 is 9.90 Å². The summed E-state index contributed by atoms with van der Waals surface area (Å²) < 4.78 is 0. The van der Waals surface area contributed by atoms with Crippen LogP contribution in [0.1, 0.15) is 22.5 Å². The normalized spacial score (nSPS) is 17.7. The second-order valence-electron chi connectivity index (χ2n) is 5.46. The van der Waals surface area contributed by atoms with Crippen LogP contribution in [-0.4, -0.2) is 34.1 Å². The van der Waals surface area contributed by atoms with Gasteiger partial charge in [-0.05, 0) is 37.0 Å². The lowest BCUT2D eigenvalue weighted by Gasteiger charge is -2.19. The summed E-state index contributed by atoms with van der Waals surface area (Å²) in [7, 11) is 0. The number of anilines is 1. The Kier molecular flexibility index (Phi) is 4.24. The molecule has 0 radical (unpaired) electrons. The number of aromatic carboxylic acids is 1. The van der Waals surface area contributed by atoms with E-state index in [-0.39, 0.29) is 5.56 Å². The summed E-state index contributed by atoms with van der Waals surface area (Å²) in [6.45, 7) is 1.73. The van der Waals surface area contributed by atoms with Gasteiger partial charge in [0.1, 0.15) is 5.82 Å². The van der Waals surface area contributed by atoms with E-state index in [0.717, 1.165) is 31.6 Å². The molecule has 1 saturated heterocycles. The topological polar surface area (TPSA) is 66.3 Å². The zero-order valence-corrected chi connectivity index (χ0v) is 12.7. The van der Waals surface area contributed by atoms with Gasteiger partial charge in [-0.25, -0.2) is 9.78 Å². The van der Waals surface area contributed by atoms with Crippen molar-refractivity contribution in [1.29, 1.82) is 0 Å². The van der Waals surface area contributed by atoms with Gasteiger partial charge in [0.15, 0.2) is 0 Å². The van der Waals surface area contributed by atoms with Crippen LogP contribution in [0.5, 0.6) is 0 Å². The molecule has 0 aliphatic carbocycles. The van der Waals surface area contributed by atoms with Crippen LogP contribution >= 0.6 is 11.6 Å². The lowest BCUT2D eigenvalue weighted by atomic mass is 10.0. The molecular formula is C16H16ClN3O2. The highest BCUT2D eigenvalue weighted by atomic mass is 35.5. The van der Waals surface area contributed by atoms with E-state index >= 15 is 0 Å². The molecule has 1 unspecified atom stereocenters. The van der Waals surface area contributed by atoms with Gasteiger partial charge in [0, 0.05) is 31.2 Å². The first-order chi connectivity index (χ1) is 10.6. The highest BCUT2D eigenvalue weighted by Gasteiger charge is 2.25. The summed E-state index contributed by atoms with van der Waals surface area (Å²) in [6.07, 6.45) is 5.15. The third-order valence-electron chi connectivity index (χ3n) is 3.88. The fourth-order valence-corrected chi connectivity index (χ4v) is 3.07. The molecule has 2 aromatic heterocycles. The minimum atomic E-state index is -1.02. The third kappa shape index (κ3) is 3.20. The lowest BCUT2D eigenvalue weighted by molar-refractivity contribution is 0.0696. The molecule has 22 heavy (non-hydrogen) atoms.